The summed E-state index contributed by atoms with van der Waals surface area (Å²) in [7, 11) is 0. The van der Waals surface area contributed by atoms with Crippen molar-refractivity contribution < 1.29 is 0 Å². The summed E-state index contributed by atoms with van der Waals surface area (Å²) in [5.74, 6) is 0. The number of aromatic nitrogens is 3. The van der Waals surface area contributed by atoms with E-state index in [-0.39, 0.29) is 0 Å². The normalized spacial score (nSPS) is 10.8. The summed E-state index contributed by atoms with van der Waals surface area (Å²) >= 11 is 3.38. The highest BCUT2D eigenvalue weighted by molar-refractivity contribution is 9.10. The zero-order valence-electron chi connectivity index (χ0n) is 10.4. The van der Waals surface area contributed by atoms with Gasteiger partial charge in [-0.15, -0.1) is 0 Å². The van der Waals surface area contributed by atoms with E-state index in [1.165, 1.54) is 5.56 Å². The number of rotatable bonds is 6. The van der Waals surface area contributed by atoms with Crippen molar-refractivity contribution in [2.45, 2.75) is 26.4 Å². The van der Waals surface area contributed by atoms with Gasteiger partial charge in [-0.05, 0) is 41.0 Å². The lowest BCUT2D eigenvalue weighted by molar-refractivity contribution is 0.662. The Bertz CT molecular complexity index is 478. The van der Waals surface area contributed by atoms with Crippen LogP contribution in [0.5, 0.6) is 0 Å². The van der Waals surface area contributed by atoms with E-state index in [1.54, 1.807) is 0 Å². The van der Waals surface area contributed by atoms with Gasteiger partial charge in [0, 0.05) is 29.0 Å². The van der Waals surface area contributed by atoms with Crippen LogP contribution in [0, 0.1) is 0 Å². The van der Waals surface area contributed by atoms with Crippen molar-refractivity contribution >= 4 is 15.9 Å². The molecular formula is C13H17BrN4. The minimum absolute atomic E-state index is 0.709. The Balaban J connectivity index is 1.91. The molecule has 0 fully saturated rings. The van der Waals surface area contributed by atoms with Gasteiger partial charge in [0.2, 0.25) is 0 Å². The Kier molecular flexibility index (Phi) is 4.90. The molecule has 0 spiro atoms. The molecule has 0 aromatic carbocycles. The minimum atomic E-state index is 0.709. The van der Waals surface area contributed by atoms with Gasteiger partial charge in [-0.25, -0.2) is 0 Å². The SMILES string of the molecule is CCCNCc1cnn(Cc2ccc(Br)cn2)c1. The smallest absolute Gasteiger partial charge is 0.0831 e. The molecule has 96 valence electrons. The van der Waals surface area contributed by atoms with Gasteiger partial charge in [0.1, 0.15) is 0 Å². The second-order valence-corrected chi connectivity index (χ2v) is 5.11. The van der Waals surface area contributed by atoms with Crippen LogP contribution in [0.3, 0.4) is 0 Å². The number of hydrogen-bond acceptors (Lipinski definition) is 3. The van der Waals surface area contributed by atoms with E-state index in [0.717, 1.165) is 29.7 Å². The van der Waals surface area contributed by atoms with Crippen LogP contribution in [0.1, 0.15) is 24.6 Å². The van der Waals surface area contributed by atoms with Gasteiger partial charge in [0.15, 0.2) is 0 Å². The summed E-state index contributed by atoms with van der Waals surface area (Å²) in [6.45, 7) is 4.79. The second kappa shape index (κ2) is 6.66. The monoisotopic (exact) mass is 308 g/mol. The molecule has 0 atom stereocenters. The summed E-state index contributed by atoms with van der Waals surface area (Å²) in [5.41, 5.74) is 2.22. The van der Waals surface area contributed by atoms with Crippen molar-refractivity contribution in [2.24, 2.45) is 0 Å². The zero-order valence-corrected chi connectivity index (χ0v) is 12.0. The molecule has 0 aliphatic carbocycles. The quantitative estimate of drug-likeness (QED) is 0.834. The fourth-order valence-electron chi connectivity index (χ4n) is 1.66. The number of hydrogen-bond donors (Lipinski definition) is 1. The van der Waals surface area contributed by atoms with Crippen molar-refractivity contribution in [3.8, 4) is 0 Å². The van der Waals surface area contributed by atoms with Crippen LogP contribution in [0.25, 0.3) is 0 Å². The summed E-state index contributed by atoms with van der Waals surface area (Å²) in [5, 5.41) is 7.70. The molecular weight excluding hydrogens is 292 g/mol. The number of nitrogens with one attached hydrogen (secondary N) is 1. The molecule has 0 bridgehead atoms. The Morgan fingerprint density at radius 1 is 1.33 bits per heavy atom. The highest BCUT2D eigenvalue weighted by Crippen LogP contribution is 2.08. The molecule has 2 heterocycles. The molecule has 5 heteroatoms. The number of halogens is 1. The Morgan fingerprint density at radius 3 is 2.94 bits per heavy atom. The maximum Gasteiger partial charge on any atom is 0.0831 e. The molecule has 2 aromatic heterocycles. The largest absolute Gasteiger partial charge is 0.313 e. The van der Waals surface area contributed by atoms with E-state index < -0.39 is 0 Å². The van der Waals surface area contributed by atoms with E-state index in [1.807, 2.05) is 29.2 Å². The fraction of sp³-hybridized carbons (Fsp3) is 0.385. The molecule has 0 aliphatic heterocycles. The van der Waals surface area contributed by atoms with E-state index in [0.29, 0.717) is 6.54 Å². The van der Waals surface area contributed by atoms with Crippen LogP contribution >= 0.6 is 15.9 Å². The number of pyridine rings is 1. The Hall–Kier alpha value is -1.20. The lowest BCUT2D eigenvalue weighted by Crippen LogP contribution is -2.13. The first kappa shape index (κ1) is 13.2. The first-order valence-corrected chi connectivity index (χ1v) is 6.89. The first-order chi connectivity index (χ1) is 8.78. The highest BCUT2D eigenvalue weighted by Gasteiger charge is 2.00. The third-order valence-electron chi connectivity index (χ3n) is 2.56. The molecule has 0 saturated heterocycles. The maximum absolute atomic E-state index is 4.34. The summed E-state index contributed by atoms with van der Waals surface area (Å²) in [6.07, 6.45) is 6.92. The molecule has 18 heavy (non-hydrogen) atoms. The summed E-state index contributed by atoms with van der Waals surface area (Å²) in [6, 6.07) is 4.00. The number of nitrogens with zero attached hydrogens (tertiary/aromatic N) is 3. The topological polar surface area (TPSA) is 42.7 Å². The summed E-state index contributed by atoms with van der Waals surface area (Å²) < 4.78 is 2.91. The van der Waals surface area contributed by atoms with Crippen LogP contribution in [0.2, 0.25) is 0 Å². The van der Waals surface area contributed by atoms with E-state index >= 15 is 0 Å². The van der Waals surface area contributed by atoms with Gasteiger partial charge in [-0.1, -0.05) is 6.92 Å². The molecule has 2 aromatic rings. The lowest BCUT2D eigenvalue weighted by Gasteiger charge is -2.01. The van der Waals surface area contributed by atoms with Crippen molar-refractivity contribution in [1.82, 2.24) is 20.1 Å². The molecule has 1 N–H and O–H groups in total. The van der Waals surface area contributed by atoms with Gasteiger partial charge in [-0.2, -0.15) is 5.10 Å². The Labute approximate surface area is 116 Å². The molecule has 0 aliphatic rings. The predicted octanol–water partition coefficient (Wildman–Crippen LogP) is 2.59. The van der Waals surface area contributed by atoms with Gasteiger partial charge < -0.3 is 5.32 Å². The van der Waals surface area contributed by atoms with E-state index in [2.05, 4.69) is 44.4 Å². The van der Waals surface area contributed by atoms with Gasteiger partial charge in [-0.3, -0.25) is 9.67 Å². The standard InChI is InChI=1S/C13H17BrN4/c1-2-5-15-6-11-7-17-18(9-11)10-13-4-3-12(14)8-16-13/h3-4,7-9,15H,2,5-6,10H2,1H3. The van der Waals surface area contributed by atoms with E-state index in [9.17, 15) is 0 Å². The van der Waals surface area contributed by atoms with Crippen molar-refractivity contribution in [2.75, 3.05) is 6.54 Å². The maximum atomic E-state index is 4.34. The molecule has 0 saturated carbocycles. The average molecular weight is 309 g/mol. The molecule has 2 rings (SSSR count). The second-order valence-electron chi connectivity index (χ2n) is 4.19. The van der Waals surface area contributed by atoms with E-state index in [4.69, 9.17) is 0 Å². The molecule has 0 amide bonds. The van der Waals surface area contributed by atoms with Gasteiger partial charge in [0.25, 0.3) is 0 Å². The third-order valence-corrected chi connectivity index (χ3v) is 3.02. The van der Waals surface area contributed by atoms with Crippen molar-refractivity contribution in [1.29, 1.82) is 0 Å². The van der Waals surface area contributed by atoms with Crippen molar-refractivity contribution in [3.05, 3.63) is 46.5 Å². The lowest BCUT2D eigenvalue weighted by atomic mass is 10.3. The van der Waals surface area contributed by atoms with Gasteiger partial charge in [0.05, 0.1) is 18.4 Å². The van der Waals surface area contributed by atoms with Gasteiger partial charge >= 0.3 is 0 Å². The average Bonchev–Trinajstić information content (AvgIpc) is 2.80. The van der Waals surface area contributed by atoms with Crippen LogP contribution in [0.4, 0.5) is 0 Å². The zero-order chi connectivity index (χ0) is 12.8. The fourth-order valence-corrected chi connectivity index (χ4v) is 1.89. The summed E-state index contributed by atoms with van der Waals surface area (Å²) in [4.78, 5) is 4.33. The highest BCUT2D eigenvalue weighted by atomic mass is 79.9. The first-order valence-electron chi connectivity index (χ1n) is 6.10. The van der Waals surface area contributed by atoms with Crippen molar-refractivity contribution in [3.63, 3.8) is 0 Å². The van der Waals surface area contributed by atoms with Crippen LogP contribution in [-0.2, 0) is 13.1 Å². The predicted molar refractivity (Wildman–Crippen MR) is 75.3 cm³/mol. The van der Waals surface area contributed by atoms with Crippen LogP contribution in [-0.4, -0.2) is 21.3 Å². The minimum Gasteiger partial charge on any atom is -0.313 e. The molecule has 4 nitrogen and oxygen atoms in total. The molecule has 0 radical (unpaired) electrons. The Morgan fingerprint density at radius 2 is 2.22 bits per heavy atom. The van der Waals surface area contributed by atoms with Crippen LogP contribution < -0.4 is 5.32 Å². The molecule has 0 unspecified atom stereocenters. The van der Waals surface area contributed by atoms with Crippen LogP contribution in [0.15, 0.2) is 35.2 Å². The third kappa shape index (κ3) is 3.92.